The Hall–Kier alpha value is -1.80. The van der Waals surface area contributed by atoms with Gasteiger partial charge in [-0.25, -0.2) is 4.98 Å². The summed E-state index contributed by atoms with van der Waals surface area (Å²) < 4.78 is 43.3. The summed E-state index contributed by atoms with van der Waals surface area (Å²) in [6.07, 6.45) is -2.45. The van der Waals surface area contributed by atoms with Crippen LogP contribution in [0.3, 0.4) is 0 Å². The van der Waals surface area contributed by atoms with Gasteiger partial charge in [0.25, 0.3) is 0 Å². The molecule has 1 N–H and O–H groups in total. The van der Waals surface area contributed by atoms with Crippen LogP contribution in [-0.2, 0) is 11.0 Å². The Morgan fingerprint density at radius 1 is 1.39 bits per heavy atom. The van der Waals surface area contributed by atoms with Gasteiger partial charge in [-0.2, -0.15) is 13.2 Å². The Labute approximate surface area is 139 Å². The molecular weight excluding hydrogens is 353 g/mol. The second-order valence-electron chi connectivity index (χ2n) is 4.50. The molecule has 0 bridgehead atoms. The van der Waals surface area contributed by atoms with Gasteiger partial charge in [0.2, 0.25) is 5.91 Å². The van der Waals surface area contributed by atoms with Crippen molar-refractivity contribution in [2.45, 2.75) is 19.0 Å². The molecule has 0 saturated carbocycles. The van der Waals surface area contributed by atoms with Crippen LogP contribution >= 0.6 is 22.9 Å². The lowest BCUT2D eigenvalue weighted by atomic mass is 10.2. The highest BCUT2D eigenvalue weighted by Crippen LogP contribution is 2.31. The number of amides is 1. The summed E-state index contributed by atoms with van der Waals surface area (Å²) in [7, 11) is 0. The molecule has 0 spiro atoms. The van der Waals surface area contributed by atoms with Crippen LogP contribution in [-0.4, -0.2) is 17.5 Å². The number of nitrogens with one attached hydrogen (secondary N) is 1. The van der Waals surface area contributed by atoms with Gasteiger partial charge in [0, 0.05) is 6.42 Å². The first-order valence-corrected chi connectivity index (χ1v) is 7.75. The Bertz CT molecular complexity index is 676. The quantitative estimate of drug-likeness (QED) is 0.761. The number of anilines is 1. The summed E-state index contributed by atoms with van der Waals surface area (Å²) in [6.45, 7) is 0.132. The number of hydrogen-bond donors (Lipinski definition) is 1. The van der Waals surface area contributed by atoms with Gasteiger partial charge in [0.15, 0.2) is 5.13 Å². The SMILES string of the molecule is O=C(CCCOc1cccc(C(F)(F)F)c1)Nc1ncc(Cl)s1. The van der Waals surface area contributed by atoms with E-state index < -0.39 is 11.7 Å². The Kier molecular flexibility index (Phi) is 5.84. The predicted molar refractivity (Wildman–Crippen MR) is 81.9 cm³/mol. The molecule has 2 rings (SSSR count). The number of thiazole rings is 1. The minimum Gasteiger partial charge on any atom is -0.494 e. The highest BCUT2D eigenvalue weighted by atomic mass is 35.5. The zero-order valence-corrected chi connectivity index (χ0v) is 13.3. The van der Waals surface area contributed by atoms with Crippen LogP contribution in [0.1, 0.15) is 18.4 Å². The number of rotatable bonds is 6. The summed E-state index contributed by atoms with van der Waals surface area (Å²) in [5.74, 6) is -0.143. The molecule has 23 heavy (non-hydrogen) atoms. The van der Waals surface area contributed by atoms with Crippen molar-refractivity contribution >= 4 is 34.0 Å². The van der Waals surface area contributed by atoms with Gasteiger partial charge in [0.1, 0.15) is 10.1 Å². The molecule has 0 atom stereocenters. The normalized spacial score (nSPS) is 11.3. The molecule has 2 aromatic rings. The van der Waals surface area contributed by atoms with Gasteiger partial charge < -0.3 is 10.1 Å². The molecule has 0 aliphatic rings. The molecule has 4 nitrogen and oxygen atoms in total. The number of carbonyl (C=O) groups is 1. The van der Waals surface area contributed by atoms with Crippen molar-refractivity contribution in [2.75, 3.05) is 11.9 Å². The van der Waals surface area contributed by atoms with Crippen LogP contribution in [0.4, 0.5) is 18.3 Å². The fourth-order valence-corrected chi connectivity index (χ4v) is 2.51. The summed E-state index contributed by atoms with van der Waals surface area (Å²) in [5, 5.41) is 2.97. The minimum absolute atomic E-state index is 0.118. The van der Waals surface area contributed by atoms with E-state index in [2.05, 4.69) is 10.3 Å². The lowest BCUT2D eigenvalue weighted by Gasteiger charge is -2.10. The third-order valence-electron chi connectivity index (χ3n) is 2.70. The van der Waals surface area contributed by atoms with Crippen molar-refractivity contribution in [1.29, 1.82) is 0 Å². The fourth-order valence-electron chi connectivity index (χ4n) is 1.68. The standard InChI is InChI=1S/C14H12ClF3N2O2S/c15-11-8-19-13(23-11)20-12(21)5-2-6-22-10-4-1-3-9(7-10)14(16,17)18/h1,3-4,7-8H,2,5-6H2,(H,19,20,21). The van der Waals surface area contributed by atoms with E-state index in [1.807, 2.05) is 0 Å². The zero-order chi connectivity index (χ0) is 16.9. The van der Waals surface area contributed by atoms with E-state index >= 15 is 0 Å². The second-order valence-corrected chi connectivity index (χ2v) is 6.16. The van der Waals surface area contributed by atoms with E-state index in [4.69, 9.17) is 16.3 Å². The number of aromatic nitrogens is 1. The molecular formula is C14H12ClF3N2O2S. The molecule has 0 aliphatic carbocycles. The minimum atomic E-state index is -4.41. The monoisotopic (exact) mass is 364 g/mol. The summed E-state index contributed by atoms with van der Waals surface area (Å²) in [4.78, 5) is 15.5. The molecule has 0 fully saturated rings. The van der Waals surface area contributed by atoms with E-state index in [0.717, 1.165) is 23.5 Å². The van der Waals surface area contributed by atoms with Gasteiger partial charge in [-0.05, 0) is 24.6 Å². The van der Waals surface area contributed by atoms with Crippen molar-refractivity contribution in [2.24, 2.45) is 0 Å². The van der Waals surface area contributed by atoms with E-state index in [0.29, 0.717) is 15.9 Å². The number of carbonyl (C=O) groups excluding carboxylic acids is 1. The van der Waals surface area contributed by atoms with E-state index in [1.54, 1.807) is 0 Å². The summed E-state index contributed by atoms with van der Waals surface area (Å²) in [5.41, 5.74) is -0.770. The molecule has 0 unspecified atom stereocenters. The topological polar surface area (TPSA) is 51.2 Å². The first-order valence-electron chi connectivity index (χ1n) is 6.56. The predicted octanol–water partition coefficient (Wildman–Crippen LogP) is 4.61. The van der Waals surface area contributed by atoms with Crippen molar-refractivity contribution in [3.05, 3.63) is 40.4 Å². The largest absolute Gasteiger partial charge is 0.494 e. The average molecular weight is 365 g/mol. The van der Waals surface area contributed by atoms with Crippen LogP contribution < -0.4 is 10.1 Å². The van der Waals surface area contributed by atoms with Crippen molar-refractivity contribution in [3.63, 3.8) is 0 Å². The summed E-state index contributed by atoms with van der Waals surface area (Å²) in [6, 6.07) is 4.61. The second kappa shape index (κ2) is 7.65. The molecule has 124 valence electrons. The molecule has 0 saturated heterocycles. The number of hydrogen-bond acceptors (Lipinski definition) is 4. The van der Waals surface area contributed by atoms with Crippen LogP contribution in [0.5, 0.6) is 5.75 Å². The van der Waals surface area contributed by atoms with Gasteiger partial charge in [-0.1, -0.05) is 29.0 Å². The third-order valence-corrected chi connectivity index (χ3v) is 3.73. The van der Waals surface area contributed by atoms with Crippen LogP contribution in [0, 0.1) is 0 Å². The molecule has 1 aromatic heterocycles. The maximum absolute atomic E-state index is 12.5. The number of benzene rings is 1. The van der Waals surface area contributed by atoms with Crippen molar-refractivity contribution in [1.82, 2.24) is 4.98 Å². The molecule has 0 radical (unpaired) electrons. The maximum Gasteiger partial charge on any atom is 0.416 e. The number of alkyl halides is 3. The molecule has 1 aromatic carbocycles. The van der Waals surface area contributed by atoms with Crippen molar-refractivity contribution < 1.29 is 22.7 Å². The van der Waals surface area contributed by atoms with E-state index in [1.165, 1.54) is 18.3 Å². The number of ether oxygens (including phenoxy) is 1. The molecule has 1 heterocycles. The molecule has 1 amide bonds. The van der Waals surface area contributed by atoms with Gasteiger partial charge >= 0.3 is 6.18 Å². The maximum atomic E-state index is 12.5. The fraction of sp³-hybridized carbons (Fsp3) is 0.286. The summed E-state index contributed by atoms with van der Waals surface area (Å²) >= 11 is 6.83. The number of halogens is 4. The van der Waals surface area contributed by atoms with Crippen molar-refractivity contribution in [3.8, 4) is 5.75 Å². The average Bonchev–Trinajstić information content (AvgIpc) is 2.88. The smallest absolute Gasteiger partial charge is 0.416 e. The Morgan fingerprint density at radius 2 is 2.17 bits per heavy atom. The van der Waals surface area contributed by atoms with Crippen LogP contribution in [0.15, 0.2) is 30.5 Å². The van der Waals surface area contributed by atoms with E-state index in [9.17, 15) is 18.0 Å². The molecule has 0 aliphatic heterocycles. The third kappa shape index (κ3) is 5.72. The lowest BCUT2D eigenvalue weighted by molar-refractivity contribution is -0.137. The van der Waals surface area contributed by atoms with E-state index in [-0.39, 0.29) is 24.7 Å². The first-order chi connectivity index (χ1) is 10.8. The van der Waals surface area contributed by atoms with Gasteiger partial charge in [-0.3, -0.25) is 4.79 Å². The number of nitrogens with zero attached hydrogens (tertiary/aromatic N) is 1. The lowest BCUT2D eigenvalue weighted by Crippen LogP contribution is -2.12. The van der Waals surface area contributed by atoms with Crippen LogP contribution in [0.25, 0.3) is 0 Å². The Morgan fingerprint density at radius 3 is 2.83 bits per heavy atom. The highest BCUT2D eigenvalue weighted by Gasteiger charge is 2.30. The molecule has 9 heteroatoms. The van der Waals surface area contributed by atoms with Gasteiger partial charge in [-0.15, -0.1) is 0 Å². The zero-order valence-electron chi connectivity index (χ0n) is 11.7. The Balaban J connectivity index is 1.74. The highest BCUT2D eigenvalue weighted by molar-refractivity contribution is 7.19. The van der Waals surface area contributed by atoms with Crippen LogP contribution in [0.2, 0.25) is 4.34 Å². The van der Waals surface area contributed by atoms with Gasteiger partial charge in [0.05, 0.1) is 18.4 Å². The first kappa shape index (κ1) is 17.6.